The van der Waals surface area contributed by atoms with Crippen LogP contribution in [0.1, 0.15) is 41.8 Å². The SMILES string of the molecule is COC(=O)CCN(CC(C)C)C(=O)c1ccc2c(c1)CNC2. The summed E-state index contributed by atoms with van der Waals surface area (Å²) >= 11 is 0. The number of rotatable bonds is 6. The van der Waals surface area contributed by atoms with Gasteiger partial charge in [0, 0.05) is 31.7 Å². The molecule has 0 saturated heterocycles. The van der Waals surface area contributed by atoms with Gasteiger partial charge in [-0.2, -0.15) is 0 Å². The zero-order valence-corrected chi connectivity index (χ0v) is 13.5. The highest BCUT2D eigenvalue weighted by molar-refractivity contribution is 5.94. The molecule has 0 aromatic heterocycles. The van der Waals surface area contributed by atoms with Gasteiger partial charge in [-0.1, -0.05) is 19.9 Å². The van der Waals surface area contributed by atoms with Crippen molar-refractivity contribution in [2.45, 2.75) is 33.4 Å². The van der Waals surface area contributed by atoms with Gasteiger partial charge in [0.1, 0.15) is 0 Å². The normalized spacial score (nSPS) is 13.1. The minimum Gasteiger partial charge on any atom is -0.469 e. The number of ether oxygens (including phenoxy) is 1. The molecule has 0 spiro atoms. The zero-order valence-electron chi connectivity index (χ0n) is 13.5. The molecule has 0 radical (unpaired) electrons. The van der Waals surface area contributed by atoms with Crippen molar-refractivity contribution in [3.63, 3.8) is 0 Å². The van der Waals surface area contributed by atoms with Crippen LogP contribution in [0.3, 0.4) is 0 Å². The lowest BCUT2D eigenvalue weighted by atomic mass is 10.0. The van der Waals surface area contributed by atoms with E-state index in [0.29, 0.717) is 24.6 Å². The lowest BCUT2D eigenvalue weighted by Gasteiger charge is -2.24. The second-order valence-electron chi connectivity index (χ2n) is 6.06. The van der Waals surface area contributed by atoms with Crippen molar-refractivity contribution < 1.29 is 14.3 Å². The molecule has 0 bridgehead atoms. The van der Waals surface area contributed by atoms with Gasteiger partial charge in [0.05, 0.1) is 13.5 Å². The number of nitrogens with zero attached hydrogens (tertiary/aromatic N) is 1. The highest BCUT2D eigenvalue weighted by Crippen LogP contribution is 2.18. The molecule has 120 valence electrons. The first kappa shape index (κ1) is 16.5. The van der Waals surface area contributed by atoms with E-state index in [2.05, 4.69) is 23.9 Å². The molecule has 1 amide bonds. The Bertz CT molecular complexity index is 555. The third kappa shape index (κ3) is 4.07. The van der Waals surface area contributed by atoms with Gasteiger partial charge in [-0.25, -0.2) is 0 Å². The molecular formula is C17H24N2O3. The lowest BCUT2D eigenvalue weighted by Crippen LogP contribution is -2.36. The summed E-state index contributed by atoms with van der Waals surface area (Å²) in [6, 6.07) is 5.85. The second kappa shape index (κ2) is 7.40. The maximum atomic E-state index is 12.7. The number of methoxy groups -OCH3 is 1. The molecule has 0 fully saturated rings. The number of esters is 1. The van der Waals surface area contributed by atoms with Gasteiger partial charge in [0.25, 0.3) is 5.91 Å². The summed E-state index contributed by atoms with van der Waals surface area (Å²) < 4.78 is 4.67. The number of fused-ring (bicyclic) bond motifs is 1. The number of carbonyl (C=O) groups excluding carboxylic acids is 2. The molecule has 1 aromatic rings. The van der Waals surface area contributed by atoms with Crippen LogP contribution in [-0.2, 0) is 22.6 Å². The molecule has 0 atom stereocenters. The molecule has 0 saturated carbocycles. The van der Waals surface area contributed by atoms with E-state index in [0.717, 1.165) is 13.1 Å². The Labute approximate surface area is 131 Å². The molecule has 5 heteroatoms. The van der Waals surface area contributed by atoms with Crippen molar-refractivity contribution in [3.05, 3.63) is 34.9 Å². The number of hydrogen-bond acceptors (Lipinski definition) is 4. The molecule has 1 aliphatic rings. The van der Waals surface area contributed by atoms with Crippen LogP contribution in [0.25, 0.3) is 0 Å². The first-order valence-electron chi connectivity index (χ1n) is 7.70. The van der Waals surface area contributed by atoms with Crippen LogP contribution in [0.2, 0.25) is 0 Å². The lowest BCUT2D eigenvalue weighted by molar-refractivity contribution is -0.140. The zero-order chi connectivity index (χ0) is 16.1. The summed E-state index contributed by atoms with van der Waals surface area (Å²) in [7, 11) is 1.37. The molecule has 0 unspecified atom stereocenters. The summed E-state index contributed by atoms with van der Waals surface area (Å²) in [4.78, 5) is 25.8. The first-order valence-corrected chi connectivity index (χ1v) is 7.70. The van der Waals surface area contributed by atoms with Crippen LogP contribution >= 0.6 is 0 Å². The molecule has 22 heavy (non-hydrogen) atoms. The highest BCUT2D eigenvalue weighted by Gasteiger charge is 2.20. The summed E-state index contributed by atoms with van der Waals surface area (Å²) in [6.07, 6.45) is 0.224. The molecule has 5 nitrogen and oxygen atoms in total. The number of amides is 1. The largest absolute Gasteiger partial charge is 0.469 e. The Morgan fingerprint density at radius 3 is 2.68 bits per heavy atom. The van der Waals surface area contributed by atoms with Crippen LogP contribution in [0.15, 0.2) is 18.2 Å². The maximum Gasteiger partial charge on any atom is 0.307 e. The predicted molar refractivity (Wildman–Crippen MR) is 84.4 cm³/mol. The monoisotopic (exact) mass is 304 g/mol. The molecule has 1 aliphatic heterocycles. The second-order valence-corrected chi connectivity index (χ2v) is 6.06. The van der Waals surface area contributed by atoms with Gasteiger partial charge in [-0.05, 0) is 29.2 Å². The van der Waals surface area contributed by atoms with Crippen molar-refractivity contribution in [3.8, 4) is 0 Å². The standard InChI is InChI=1S/C17H24N2O3/c1-12(2)11-19(7-6-16(20)22-3)17(21)13-4-5-14-9-18-10-15(14)8-13/h4-5,8,12,18H,6-7,9-11H2,1-3H3. The fourth-order valence-electron chi connectivity index (χ4n) is 2.66. The fraction of sp³-hybridized carbons (Fsp3) is 0.529. The van der Waals surface area contributed by atoms with Gasteiger partial charge in [-0.3, -0.25) is 9.59 Å². The van der Waals surface area contributed by atoms with E-state index in [9.17, 15) is 9.59 Å². The molecule has 1 N–H and O–H groups in total. The Kier molecular flexibility index (Phi) is 5.55. The van der Waals surface area contributed by atoms with Gasteiger partial charge < -0.3 is 15.0 Å². The quantitative estimate of drug-likeness (QED) is 0.816. The Morgan fingerprint density at radius 1 is 1.27 bits per heavy atom. The van der Waals surface area contributed by atoms with Crippen molar-refractivity contribution >= 4 is 11.9 Å². The maximum absolute atomic E-state index is 12.7. The summed E-state index contributed by atoms with van der Waals surface area (Å²) in [5.41, 5.74) is 3.12. The summed E-state index contributed by atoms with van der Waals surface area (Å²) in [5, 5.41) is 3.28. The van der Waals surface area contributed by atoms with E-state index in [-0.39, 0.29) is 18.3 Å². The van der Waals surface area contributed by atoms with Gasteiger partial charge >= 0.3 is 5.97 Å². The first-order chi connectivity index (χ1) is 10.5. The van der Waals surface area contributed by atoms with Gasteiger partial charge in [-0.15, -0.1) is 0 Å². The van der Waals surface area contributed by atoms with Gasteiger partial charge in [0.15, 0.2) is 0 Å². The number of carbonyl (C=O) groups is 2. The Balaban J connectivity index is 2.11. The molecule has 0 aliphatic carbocycles. The van der Waals surface area contributed by atoms with Gasteiger partial charge in [0.2, 0.25) is 0 Å². The number of hydrogen-bond donors (Lipinski definition) is 1. The van der Waals surface area contributed by atoms with Crippen LogP contribution in [0, 0.1) is 5.92 Å². The molecule has 1 heterocycles. The average Bonchev–Trinajstić information content (AvgIpc) is 2.97. The van der Waals surface area contributed by atoms with Crippen LogP contribution in [0.4, 0.5) is 0 Å². The van der Waals surface area contributed by atoms with Crippen molar-refractivity contribution in [1.29, 1.82) is 0 Å². The number of nitrogens with one attached hydrogen (secondary N) is 1. The van der Waals surface area contributed by atoms with Crippen molar-refractivity contribution in [2.75, 3.05) is 20.2 Å². The molecular weight excluding hydrogens is 280 g/mol. The smallest absolute Gasteiger partial charge is 0.307 e. The highest BCUT2D eigenvalue weighted by atomic mass is 16.5. The van der Waals surface area contributed by atoms with E-state index >= 15 is 0 Å². The Hall–Kier alpha value is -1.88. The fourth-order valence-corrected chi connectivity index (χ4v) is 2.66. The predicted octanol–water partition coefficient (Wildman–Crippen LogP) is 1.95. The van der Waals surface area contributed by atoms with Crippen molar-refractivity contribution in [1.82, 2.24) is 10.2 Å². The van der Waals surface area contributed by atoms with Crippen molar-refractivity contribution in [2.24, 2.45) is 5.92 Å². The number of benzene rings is 1. The van der Waals surface area contributed by atoms with E-state index in [1.54, 1.807) is 4.90 Å². The van der Waals surface area contributed by atoms with E-state index in [4.69, 9.17) is 0 Å². The summed E-state index contributed by atoms with van der Waals surface area (Å²) in [5.74, 6) is 0.0321. The van der Waals surface area contributed by atoms with Crippen LogP contribution in [0.5, 0.6) is 0 Å². The topological polar surface area (TPSA) is 58.6 Å². The third-order valence-corrected chi connectivity index (χ3v) is 3.77. The molecule has 1 aromatic carbocycles. The van der Waals surface area contributed by atoms with E-state index in [1.165, 1.54) is 18.2 Å². The van der Waals surface area contributed by atoms with Crippen LogP contribution in [-0.4, -0.2) is 37.0 Å². The van der Waals surface area contributed by atoms with Crippen LogP contribution < -0.4 is 5.32 Å². The third-order valence-electron chi connectivity index (χ3n) is 3.77. The average molecular weight is 304 g/mol. The Morgan fingerprint density at radius 2 is 2.00 bits per heavy atom. The van der Waals surface area contributed by atoms with E-state index < -0.39 is 0 Å². The molecule has 2 rings (SSSR count). The van der Waals surface area contributed by atoms with E-state index in [1.807, 2.05) is 18.2 Å². The minimum absolute atomic E-state index is 0.0210. The summed E-state index contributed by atoms with van der Waals surface area (Å²) in [6.45, 7) is 6.81. The minimum atomic E-state index is -0.292.